The van der Waals surface area contributed by atoms with E-state index in [2.05, 4.69) is 4.98 Å². The third-order valence-corrected chi connectivity index (χ3v) is 2.22. The number of hydrogen-bond donors (Lipinski definition) is 2. The molecule has 0 amide bonds. The fourth-order valence-corrected chi connectivity index (χ4v) is 1.59. The monoisotopic (exact) mass is 209 g/mol. The van der Waals surface area contributed by atoms with Crippen molar-refractivity contribution in [1.29, 1.82) is 0 Å². The van der Waals surface area contributed by atoms with Crippen molar-refractivity contribution in [3.8, 4) is 0 Å². The van der Waals surface area contributed by atoms with Crippen LogP contribution in [0, 0.1) is 0 Å². The number of benzene rings is 1. The Hall–Kier alpha value is -1.48. The Morgan fingerprint density at radius 2 is 2.21 bits per heavy atom. The zero-order valence-corrected chi connectivity index (χ0v) is 8.01. The van der Waals surface area contributed by atoms with Gasteiger partial charge >= 0.3 is 5.97 Å². The summed E-state index contributed by atoms with van der Waals surface area (Å²) < 4.78 is 0. The SMILES string of the molecule is O=C(O)Cc1cc2ccc(Cl)cc2[nH]1. The Kier molecular flexibility index (Phi) is 2.17. The van der Waals surface area contributed by atoms with E-state index < -0.39 is 5.97 Å². The number of aromatic nitrogens is 1. The number of fused-ring (bicyclic) bond motifs is 1. The van der Waals surface area contributed by atoms with Gasteiger partial charge in [0.15, 0.2) is 0 Å². The number of hydrogen-bond acceptors (Lipinski definition) is 1. The summed E-state index contributed by atoms with van der Waals surface area (Å²) in [4.78, 5) is 13.5. The summed E-state index contributed by atoms with van der Waals surface area (Å²) in [7, 11) is 0. The molecule has 0 radical (unpaired) electrons. The molecular formula is C10H8ClNO2. The first kappa shape index (κ1) is 9.09. The molecule has 0 fully saturated rings. The third kappa shape index (κ3) is 1.72. The first-order valence-electron chi connectivity index (χ1n) is 4.14. The van der Waals surface area contributed by atoms with Crippen LogP contribution in [0.1, 0.15) is 5.69 Å². The summed E-state index contributed by atoms with van der Waals surface area (Å²) in [6, 6.07) is 7.24. The summed E-state index contributed by atoms with van der Waals surface area (Å²) in [6.45, 7) is 0. The van der Waals surface area contributed by atoms with Crippen LogP contribution in [-0.4, -0.2) is 16.1 Å². The molecule has 4 heteroatoms. The molecule has 1 aromatic heterocycles. The van der Waals surface area contributed by atoms with Crippen LogP contribution in [0.15, 0.2) is 24.3 Å². The average Bonchev–Trinajstić information content (AvgIpc) is 2.44. The summed E-state index contributed by atoms with van der Waals surface area (Å²) in [6.07, 6.45) is 0.00625. The van der Waals surface area contributed by atoms with Gasteiger partial charge in [-0.3, -0.25) is 4.79 Å². The van der Waals surface area contributed by atoms with Crippen molar-refractivity contribution in [2.24, 2.45) is 0 Å². The molecule has 0 aliphatic rings. The fraction of sp³-hybridized carbons (Fsp3) is 0.100. The van der Waals surface area contributed by atoms with Gasteiger partial charge in [0, 0.05) is 16.2 Å². The zero-order chi connectivity index (χ0) is 10.1. The predicted molar refractivity (Wildman–Crippen MR) is 54.6 cm³/mol. The van der Waals surface area contributed by atoms with Crippen LogP contribution in [0.4, 0.5) is 0 Å². The quantitative estimate of drug-likeness (QED) is 0.798. The molecule has 72 valence electrons. The number of halogens is 1. The number of carboxylic acid groups (broad SMARTS) is 1. The van der Waals surface area contributed by atoms with Crippen LogP contribution >= 0.6 is 11.6 Å². The van der Waals surface area contributed by atoms with Crippen molar-refractivity contribution in [2.45, 2.75) is 6.42 Å². The minimum atomic E-state index is -0.845. The van der Waals surface area contributed by atoms with Crippen molar-refractivity contribution in [3.05, 3.63) is 35.0 Å². The van der Waals surface area contributed by atoms with Gasteiger partial charge in [0.05, 0.1) is 6.42 Å². The summed E-state index contributed by atoms with van der Waals surface area (Å²) in [5.41, 5.74) is 1.56. The fourth-order valence-electron chi connectivity index (χ4n) is 1.42. The van der Waals surface area contributed by atoms with Gasteiger partial charge in [0.1, 0.15) is 0 Å². The van der Waals surface area contributed by atoms with Crippen LogP contribution in [0.2, 0.25) is 5.02 Å². The highest BCUT2D eigenvalue weighted by Gasteiger charge is 2.04. The lowest BCUT2D eigenvalue weighted by Gasteiger charge is -1.90. The van der Waals surface area contributed by atoms with Crippen LogP contribution in [0.3, 0.4) is 0 Å². The van der Waals surface area contributed by atoms with Crippen LogP contribution in [0.25, 0.3) is 10.9 Å². The van der Waals surface area contributed by atoms with Crippen LogP contribution in [-0.2, 0) is 11.2 Å². The lowest BCUT2D eigenvalue weighted by atomic mass is 10.2. The molecule has 0 saturated heterocycles. The highest BCUT2D eigenvalue weighted by molar-refractivity contribution is 6.31. The number of H-pyrrole nitrogens is 1. The lowest BCUT2D eigenvalue weighted by Crippen LogP contribution is -1.99. The Labute approximate surface area is 85.3 Å². The van der Waals surface area contributed by atoms with Gasteiger partial charge < -0.3 is 10.1 Å². The minimum absolute atomic E-state index is 0.00625. The molecule has 0 atom stereocenters. The Bertz CT molecular complexity index is 490. The van der Waals surface area contributed by atoms with Crippen molar-refractivity contribution in [3.63, 3.8) is 0 Å². The number of carbonyl (C=O) groups is 1. The van der Waals surface area contributed by atoms with Crippen molar-refractivity contribution >= 4 is 28.5 Å². The van der Waals surface area contributed by atoms with Gasteiger partial charge in [-0.05, 0) is 23.6 Å². The first-order valence-corrected chi connectivity index (χ1v) is 4.52. The molecule has 0 aliphatic carbocycles. The molecule has 0 aliphatic heterocycles. The van der Waals surface area contributed by atoms with Crippen molar-refractivity contribution in [1.82, 2.24) is 4.98 Å². The van der Waals surface area contributed by atoms with E-state index in [1.165, 1.54) is 0 Å². The number of aliphatic carboxylic acids is 1. The standard InChI is InChI=1S/C10H8ClNO2/c11-7-2-1-6-3-8(5-10(13)14)12-9(6)4-7/h1-4,12H,5H2,(H,13,14). The smallest absolute Gasteiger partial charge is 0.309 e. The van der Waals surface area contributed by atoms with E-state index in [4.69, 9.17) is 16.7 Å². The van der Waals surface area contributed by atoms with E-state index in [1.54, 1.807) is 12.1 Å². The second kappa shape index (κ2) is 3.35. The molecule has 14 heavy (non-hydrogen) atoms. The Balaban J connectivity index is 2.46. The van der Waals surface area contributed by atoms with E-state index in [1.807, 2.05) is 12.1 Å². The molecule has 0 saturated carbocycles. The van der Waals surface area contributed by atoms with Crippen LogP contribution < -0.4 is 0 Å². The summed E-state index contributed by atoms with van der Waals surface area (Å²) in [5.74, 6) is -0.845. The molecule has 2 rings (SSSR count). The third-order valence-electron chi connectivity index (χ3n) is 1.98. The highest BCUT2D eigenvalue weighted by Crippen LogP contribution is 2.19. The van der Waals surface area contributed by atoms with Gasteiger partial charge in [0.25, 0.3) is 0 Å². The average molecular weight is 210 g/mol. The highest BCUT2D eigenvalue weighted by atomic mass is 35.5. The van der Waals surface area contributed by atoms with E-state index in [0.717, 1.165) is 10.9 Å². The number of rotatable bonds is 2. The van der Waals surface area contributed by atoms with Crippen LogP contribution in [0.5, 0.6) is 0 Å². The molecule has 0 unspecified atom stereocenters. The minimum Gasteiger partial charge on any atom is -0.481 e. The molecule has 1 aromatic carbocycles. The van der Waals surface area contributed by atoms with Gasteiger partial charge in [-0.1, -0.05) is 17.7 Å². The maximum atomic E-state index is 10.5. The summed E-state index contributed by atoms with van der Waals surface area (Å²) in [5, 5.41) is 10.2. The zero-order valence-electron chi connectivity index (χ0n) is 7.25. The largest absolute Gasteiger partial charge is 0.481 e. The lowest BCUT2D eigenvalue weighted by molar-refractivity contribution is -0.136. The maximum absolute atomic E-state index is 10.5. The van der Waals surface area contributed by atoms with Gasteiger partial charge in [0.2, 0.25) is 0 Å². The molecule has 3 nitrogen and oxygen atoms in total. The van der Waals surface area contributed by atoms with E-state index in [9.17, 15) is 4.79 Å². The van der Waals surface area contributed by atoms with Gasteiger partial charge in [-0.25, -0.2) is 0 Å². The molecule has 2 N–H and O–H groups in total. The van der Waals surface area contributed by atoms with Crippen molar-refractivity contribution in [2.75, 3.05) is 0 Å². The molecule has 2 aromatic rings. The molecule has 0 bridgehead atoms. The van der Waals surface area contributed by atoms with E-state index in [0.29, 0.717) is 10.7 Å². The molecule has 1 heterocycles. The number of aromatic amines is 1. The molecule has 0 spiro atoms. The van der Waals surface area contributed by atoms with Crippen molar-refractivity contribution < 1.29 is 9.90 Å². The Morgan fingerprint density at radius 3 is 2.93 bits per heavy atom. The summed E-state index contributed by atoms with van der Waals surface area (Å²) >= 11 is 5.80. The topological polar surface area (TPSA) is 53.1 Å². The van der Waals surface area contributed by atoms with Gasteiger partial charge in [-0.15, -0.1) is 0 Å². The predicted octanol–water partition coefficient (Wildman–Crippen LogP) is 2.45. The first-order chi connectivity index (χ1) is 6.65. The van der Waals surface area contributed by atoms with Gasteiger partial charge in [-0.2, -0.15) is 0 Å². The maximum Gasteiger partial charge on any atom is 0.309 e. The number of nitrogens with one attached hydrogen (secondary N) is 1. The number of carboxylic acids is 1. The van der Waals surface area contributed by atoms with E-state index >= 15 is 0 Å². The Morgan fingerprint density at radius 1 is 1.43 bits per heavy atom. The van der Waals surface area contributed by atoms with E-state index in [-0.39, 0.29) is 6.42 Å². The second-order valence-corrected chi connectivity index (χ2v) is 3.53. The molecular weight excluding hydrogens is 202 g/mol. The normalized spacial score (nSPS) is 10.6. The second-order valence-electron chi connectivity index (χ2n) is 3.10.